The zero-order valence-electron chi connectivity index (χ0n) is 11.5. The van der Waals surface area contributed by atoms with Gasteiger partial charge in [0.25, 0.3) is 0 Å². The van der Waals surface area contributed by atoms with Crippen molar-refractivity contribution in [1.82, 2.24) is 15.2 Å². The molecule has 1 saturated heterocycles. The van der Waals surface area contributed by atoms with Crippen molar-refractivity contribution in [2.45, 2.75) is 38.6 Å². The van der Waals surface area contributed by atoms with Gasteiger partial charge < -0.3 is 14.8 Å². The summed E-state index contributed by atoms with van der Waals surface area (Å²) in [4.78, 5) is 17.2. The van der Waals surface area contributed by atoms with Crippen molar-refractivity contribution in [1.29, 1.82) is 0 Å². The largest absolute Gasteiger partial charge is 0.473 e. The number of aldehydes is 1. The molecule has 0 saturated carbocycles. The lowest BCUT2D eigenvalue weighted by molar-refractivity contribution is -0.108. The van der Waals surface area contributed by atoms with Crippen LogP contribution in [0.3, 0.4) is 0 Å². The second-order valence-electron chi connectivity index (χ2n) is 5.38. The lowest BCUT2D eigenvalue weighted by Gasteiger charge is -2.12. The second-order valence-corrected chi connectivity index (χ2v) is 5.38. The molecule has 2 aliphatic rings. The Hall–Kier alpha value is -1.17. The Bertz CT molecular complexity index is 483. The van der Waals surface area contributed by atoms with Gasteiger partial charge in [-0.25, -0.2) is 4.98 Å². The number of nitrogens with zero attached hydrogens (tertiary/aromatic N) is 2. The van der Waals surface area contributed by atoms with Crippen molar-refractivity contribution in [2.24, 2.45) is 0 Å². The fourth-order valence-corrected chi connectivity index (χ4v) is 2.75. The van der Waals surface area contributed by atoms with Gasteiger partial charge >= 0.3 is 0 Å². The monoisotopic (exact) mass is 297 g/mol. The Kier molecular flexibility index (Phi) is 4.96. The molecule has 1 fully saturated rings. The first-order valence-corrected chi connectivity index (χ1v) is 6.79. The number of halogens is 1. The molecule has 0 radical (unpaired) electrons. The van der Waals surface area contributed by atoms with Gasteiger partial charge in [-0.05, 0) is 12.5 Å². The quantitative estimate of drug-likeness (QED) is 0.845. The van der Waals surface area contributed by atoms with Gasteiger partial charge in [0.2, 0.25) is 5.88 Å². The van der Waals surface area contributed by atoms with Crippen molar-refractivity contribution in [3.05, 3.63) is 23.4 Å². The van der Waals surface area contributed by atoms with Crippen LogP contribution in [0, 0.1) is 0 Å². The number of pyridine rings is 1. The summed E-state index contributed by atoms with van der Waals surface area (Å²) in [6.07, 6.45) is 2.18. The predicted molar refractivity (Wildman–Crippen MR) is 78.2 cm³/mol. The highest BCUT2D eigenvalue weighted by atomic mass is 35.5. The highest BCUT2D eigenvalue weighted by molar-refractivity contribution is 5.85. The standard InChI is InChI=1S/C14H19N3O2.ClH/c1-10-6-12(7-15-10)19-14-3-2-11-8-17(4-5-18)9-13(11)16-14;/h2-3,5,10,12,15H,4,6-9H2,1H3;1H/t10-,12+;/m0./s1. The molecule has 1 aromatic rings. The van der Waals surface area contributed by atoms with Gasteiger partial charge in [-0.1, -0.05) is 6.07 Å². The van der Waals surface area contributed by atoms with Gasteiger partial charge in [0.15, 0.2) is 0 Å². The van der Waals surface area contributed by atoms with Crippen LogP contribution < -0.4 is 10.1 Å². The average Bonchev–Trinajstić information content (AvgIpc) is 2.95. The molecule has 0 unspecified atom stereocenters. The number of aromatic nitrogens is 1. The number of carbonyl (C=O) groups is 1. The number of nitrogens with one attached hydrogen (secondary N) is 1. The van der Waals surface area contributed by atoms with Gasteiger partial charge in [-0.2, -0.15) is 0 Å². The zero-order valence-corrected chi connectivity index (χ0v) is 12.4. The molecule has 0 aromatic carbocycles. The highest BCUT2D eigenvalue weighted by Gasteiger charge is 2.24. The SMILES string of the molecule is C[C@H]1C[C@@H](Oc2ccc3c(n2)CN(CC=O)C3)CN1.Cl. The molecular weight excluding hydrogens is 278 g/mol. The first kappa shape index (κ1) is 15.2. The van der Waals surface area contributed by atoms with Crippen LogP contribution in [0.5, 0.6) is 5.88 Å². The number of ether oxygens (including phenoxy) is 1. The number of fused-ring (bicyclic) bond motifs is 1. The van der Waals surface area contributed by atoms with Crippen LogP contribution >= 0.6 is 12.4 Å². The Morgan fingerprint density at radius 3 is 3.05 bits per heavy atom. The normalized spacial score (nSPS) is 25.1. The third-order valence-electron chi connectivity index (χ3n) is 3.74. The van der Waals surface area contributed by atoms with Gasteiger partial charge in [-0.15, -0.1) is 12.4 Å². The van der Waals surface area contributed by atoms with E-state index in [0.29, 0.717) is 18.5 Å². The molecular formula is C14H20ClN3O2. The Morgan fingerprint density at radius 2 is 2.35 bits per heavy atom. The molecule has 20 heavy (non-hydrogen) atoms. The van der Waals surface area contributed by atoms with E-state index < -0.39 is 0 Å². The molecule has 5 nitrogen and oxygen atoms in total. The van der Waals surface area contributed by atoms with E-state index in [0.717, 1.165) is 38.0 Å². The second kappa shape index (κ2) is 6.52. The fourth-order valence-electron chi connectivity index (χ4n) is 2.75. The summed E-state index contributed by atoms with van der Waals surface area (Å²) in [5.41, 5.74) is 2.24. The molecule has 3 heterocycles. The molecule has 3 rings (SSSR count). The Balaban J connectivity index is 0.00000147. The summed E-state index contributed by atoms with van der Waals surface area (Å²) < 4.78 is 5.90. The Morgan fingerprint density at radius 1 is 1.50 bits per heavy atom. The topological polar surface area (TPSA) is 54.5 Å². The van der Waals surface area contributed by atoms with Crippen LogP contribution in [0.25, 0.3) is 0 Å². The maximum atomic E-state index is 10.5. The minimum absolute atomic E-state index is 0. The molecule has 0 spiro atoms. The van der Waals surface area contributed by atoms with E-state index in [-0.39, 0.29) is 18.5 Å². The first-order valence-electron chi connectivity index (χ1n) is 6.79. The van der Waals surface area contributed by atoms with Crippen LogP contribution in [0.15, 0.2) is 12.1 Å². The van der Waals surface area contributed by atoms with E-state index in [1.54, 1.807) is 0 Å². The van der Waals surface area contributed by atoms with Crippen LogP contribution in [-0.4, -0.2) is 41.4 Å². The van der Waals surface area contributed by atoms with E-state index in [1.165, 1.54) is 5.56 Å². The molecule has 110 valence electrons. The third kappa shape index (κ3) is 3.29. The average molecular weight is 298 g/mol. The van der Waals surface area contributed by atoms with Crippen molar-refractivity contribution in [3.8, 4) is 5.88 Å². The predicted octanol–water partition coefficient (Wildman–Crippen LogP) is 1.15. The summed E-state index contributed by atoms with van der Waals surface area (Å²) in [6, 6.07) is 4.52. The van der Waals surface area contributed by atoms with Crippen LogP contribution in [0.4, 0.5) is 0 Å². The number of carbonyl (C=O) groups excluding carboxylic acids is 1. The van der Waals surface area contributed by atoms with E-state index in [9.17, 15) is 4.79 Å². The van der Waals surface area contributed by atoms with Crippen molar-refractivity contribution in [2.75, 3.05) is 13.1 Å². The molecule has 2 atom stereocenters. The van der Waals surface area contributed by atoms with E-state index in [2.05, 4.69) is 28.2 Å². The van der Waals surface area contributed by atoms with E-state index in [1.807, 2.05) is 6.07 Å². The molecule has 1 N–H and O–H groups in total. The molecule has 0 aliphatic carbocycles. The summed E-state index contributed by atoms with van der Waals surface area (Å²) >= 11 is 0. The maximum Gasteiger partial charge on any atom is 0.213 e. The molecule has 1 aromatic heterocycles. The highest BCUT2D eigenvalue weighted by Crippen LogP contribution is 2.24. The summed E-state index contributed by atoms with van der Waals surface area (Å²) in [7, 11) is 0. The first-order chi connectivity index (χ1) is 9.24. The minimum Gasteiger partial charge on any atom is -0.473 e. The van der Waals surface area contributed by atoms with Crippen LogP contribution in [0.2, 0.25) is 0 Å². The van der Waals surface area contributed by atoms with Crippen molar-refractivity contribution < 1.29 is 9.53 Å². The van der Waals surface area contributed by atoms with Gasteiger partial charge in [0.1, 0.15) is 12.4 Å². The van der Waals surface area contributed by atoms with Gasteiger partial charge in [0, 0.05) is 38.2 Å². The number of hydrogen-bond acceptors (Lipinski definition) is 5. The van der Waals surface area contributed by atoms with Crippen molar-refractivity contribution >= 4 is 18.7 Å². The molecule has 6 heteroatoms. The smallest absolute Gasteiger partial charge is 0.213 e. The lowest BCUT2D eigenvalue weighted by Crippen LogP contribution is -2.21. The van der Waals surface area contributed by atoms with Crippen molar-refractivity contribution in [3.63, 3.8) is 0 Å². The number of rotatable bonds is 4. The van der Waals surface area contributed by atoms with Gasteiger partial charge in [-0.3, -0.25) is 4.90 Å². The van der Waals surface area contributed by atoms with E-state index in [4.69, 9.17) is 4.74 Å². The Labute approximate surface area is 125 Å². The molecule has 2 aliphatic heterocycles. The van der Waals surface area contributed by atoms with Crippen LogP contribution in [-0.2, 0) is 17.9 Å². The maximum absolute atomic E-state index is 10.5. The van der Waals surface area contributed by atoms with Crippen LogP contribution in [0.1, 0.15) is 24.6 Å². The summed E-state index contributed by atoms with van der Waals surface area (Å²) in [5.74, 6) is 0.701. The summed E-state index contributed by atoms with van der Waals surface area (Å²) in [5, 5.41) is 3.37. The minimum atomic E-state index is 0. The third-order valence-corrected chi connectivity index (χ3v) is 3.74. The van der Waals surface area contributed by atoms with E-state index >= 15 is 0 Å². The molecule has 0 bridgehead atoms. The summed E-state index contributed by atoms with van der Waals surface area (Å²) in [6.45, 7) is 5.07. The lowest BCUT2D eigenvalue weighted by atomic mass is 10.2. The fraction of sp³-hybridized carbons (Fsp3) is 0.571. The zero-order chi connectivity index (χ0) is 13.2. The van der Waals surface area contributed by atoms with Gasteiger partial charge in [0.05, 0.1) is 12.2 Å². The molecule has 0 amide bonds. The number of hydrogen-bond donors (Lipinski definition) is 1.